The molecule has 0 spiro atoms. The summed E-state index contributed by atoms with van der Waals surface area (Å²) in [7, 11) is 0. The van der Waals surface area contributed by atoms with Crippen LogP contribution in [-0.2, 0) is 11.3 Å². The van der Waals surface area contributed by atoms with Gasteiger partial charge < -0.3 is 9.30 Å². The predicted molar refractivity (Wildman–Crippen MR) is 110 cm³/mol. The number of hydrogen-bond acceptors (Lipinski definition) is 3. The van der Waals surface area contributed by atoms with E-state index < -0.39 is 0 Å². The van der Waals surface area contributed by atoms with Crippen LogP contribution < -0.4 is 5.56 Å². The molecule has 2 heterocycles. The van der Waals surface area contributed by atoms with E-state index in [0.717, 1.165) is 35.1 Å². The molecule has 2 aromatic carbocycles. The van der Waals surface area contributed by atoms with Crippen LogP contribution in [0.15, 0.2) is 35.1 Å². The van der Waals surface area contributed by atoms with Crippen LogP contribution in [-0.4, -0.2) is 27.2 Å². The summed E-state index contributed by atoms with van der Waals surface area (Å²) in [4.78, 5) is 18.1. The van der Waals surface area contributed by atoms with Gasteiger partial charge in [0.15, 0.2) is 0 Å². The van der Waals surface area contributed by atoms with E-state index in [1.807, 2.05) is 25.1 Å². The number of rotatable bonds is 5. The highest BCUT2D eigenvalue weighted by atomic mass is 16.5. The minimum absolute atomic E-state index is 0.0171. The van der Waals surface area contributed by atoms with Gasteiger partial charge in [0.2, 0.25) is 5.78 Å². The third-order valence-corrected chi connectivity index (χ3v) is 5.18. The monoisotopic (exact) mass is 363 g/mol. The fraction of sp³-hybridized carbons (Fsp3) is 0.364. The first-order valence-corrected chi connectivity index (χ1v) is 9.51. The van der Waals surface area contributed by atoms with Crippen molar-refractivity contribution >= 4 is 27.7 Å². The average Bonchev–Trinajstić information content (AvgIpc) is 2.92. The van der Waals surface area contributed by atoms with Gasteiger partial charge in [0.25, 0.3) is 5.56 Å². The standard InChI is InChI=1S/C22H25N3O2/c1-5-9-27-10-8-24-19-12-15(3)16(4)13-20(19)25-21(26)17-7-6-14(2)11-18(17)23-22(24)25/h6-7,11-13H,5,8-10H2,1-4H3. The molecule has 2 aromatic heterocycles. The molecule has 4 aromatic rings. The number of aromatic nitrogens is 3. The molecule has 0 aliphatic rings. The lowest BCUT2D eigenvalue weighted by atomic mass is 10.1. The van der Waals surface area contributed by atoms with Gasteiger partial charge in [0.1, 0.15) is 0 Å². The number of imidazole rings is 1. The van der Waals surface area contributed by atoms with Crippen molar-refractivity contribution in [3.05, 3.63) is 57.4 Å². The van der Waals surface area contributed by atoms with E-state index in [2.05, 4.69) is 37.5 Å². The molecule has 0 aliphatic carbocycles. The summed E-state index contributed by atoms with van der Waals surface area (Å²) < 4.78 is 9.57. The van der Waals surface area contributed by atoms with Crippen molar-refractivity contribution in [2.24, 2.45) is 0 Å². The molecule has 0 radical (unpaired) electrons. The van der Waals surface area contributed by atoms with Crippen molar-refractivity contribution in [1.29, 1.82) is 0 Å². The van der Waals surface area contributed by atoms with Gasteiger partial charge in [-0.25, -0.2) is 9.38 Å². The molecule has 0 saturated carbocycles. The Hall–Kier alpha value is -2.66. The number of aryl methyl sites for hydroxylation is 3. The highest BCUT2D eigenvalue weighted by Crippen LogP contribution is 2.24. The molecule has 0 bridgehead atoms. The Bertz CT molecular complexity index is 1220. The van der Waals surface area contributed by atoms with Crippen LogP contribution in [0.5, 0.6) is 0 Å². The van der Waals surface area contributed by atoms with E-state index in [4.69, 9.17) is 9.72 Å². The second-order valence-corrected chi connectivity index (χ2v) is 7.26. The molecule has 0 N–H and O–H groups in total. The normalized spacial score (nSPS) is 11.9. The minimum Gasteiger partial charge on any atom is -0.380 e. The molecule has 140 valence electrons. The number of benzene rings is 2. The third-order valence-electron chi connectivity index (χ3n) is 5.18. The van der Waals surface area contributed by atoms with Crippen LogP contribution >= 0.6 is 0 Å². The Morgan fingerprint density at radius 1 is 1.00 bits per heavy atom. The number of fused-ring (bicyclic) bond motifs is 4. The van der Waals surface area contributed by atoms with Crippen molar-refractivity contribution in [2.75, 3.05) is 13.2 Å². The van der Waals surface area contributed by atoms with Gasteiger partial charge in [-0.2, -0.15) is 0 Å². The predicted octanol–water partition coefficient (Wildman–Crippen LogP) is 4.15. The smallest absolute Gasteiger partial charge is 0.267 e. The van der Waals surface area contributed by atoms with Gasteiger partial charge in [-0.3, -0.25) is 4.79 Å². The first-order valence-electron chi connectivity index (χ1n) is 9.51. The van der Waals surface area contributed by atoms with Crippen molar-refractivity contribution in [1.82, 2.24) is 14.0 Å². The van der Waals surface area contributed by atoms with Crippen LogP contribution in [0.25, 0.3) is 27.7 Å². The van der Waals surface area contributed by atoms with E-state index in [9.17, 15) is 4.79 Å². The largest absolute Gasteiger partial charge is 0.380 e. The molecule has 5 nitrogen and oxygen atoms in total. The third kappa shape index (κ3) is 2.92. The van der Waals surface area contributed by atoms with E-state index >= 15 is 0 Å². The van der Waals surface area contributed by atoms with Gasteiger partial charge in [-0.1, -0.05) is 13.0 Å². The molecule has 5 heteroatoms. The second kappa shape index (κ2) is 6.82. The van der Waals surface area contributed by atoms with E-state index in [-0.39, 0.29) is 5.56 Å². The second-order valence-electron chi connectivity index (χ2n) is 7.26. The van der Waals surface area contributed by atoms with Crippen LogP contribution in [0.1, 0.15) is 30.0 Å². The van der Waals surface area contributed by atoms with Gasteiger partial charge in [-0.15, -0.1) is 0 Å². The van der Waals surface area contributed by atoms with Crippen LogP contribution in [0.2, 0.25) is 0 Å². The summed E-state index contributed by atoms with van der Waals surface area (Å²) in [6, 6.07) is 10.0. The van der Waals surface area contributed by atoms with Crippen molar-refractivity contribution in [3.63, 3.8) is 0 Å². The summed E-state index contributed by atoms with van der Waals surface area (Å²) >= 11 is 0. The maximum absolute atomic E-state index is 13.3. The van der Waals surface area contributed by atoms with E-state index in [1.54, 1.807) is 4.40 Å². The summed E-state index contributed by atoms with van der Waals surface area (Å²) in [6.45, 7) is 10.3. The first kappa shape index (κ1) is 17.7. The summed E-state index contributed by atoms with van der Waals surface area (Å²) in [5.74, 6) is 0.679. The lowest BCUT2D eigenvalue weighted by molar-refractivity contribution is 0.128. The van der Waals surface area contributed by atoms with Gasteiger partial charge in [0.05, 0.1) is 28.5 Å². The van der Waals surface area contributed by atoms with Crippen LogP contribution in [0.3, 0.4) is 0 Å². The van der Waals surface area contributed by atoms with E-state index in [0.29, 0.717) is 24.3 Å². The van der Waals surface area contributed by atoms with Crippen molar-refractivity contribution in [3.8, 4) is 0 Å². The summed E-state index contributed by atoms with van der Waals surface area (Å²) in [5.41, 5.74) is 6.12. The highest BCUT2D eigenvalue weighted by molar-refractivity contribution is 5.87. The fourth-order valence-corrected chi connectivity index (χ4v) is 3.59. The zero-order valence-electron chi connectivity index (χ0n) is 16.4. The maximum Gasteiger partial charge on any atom is 0.267 e. The Kier molecular flexibility index (Phi) is 4.48. The highest BCUT2D eigenvalue weighted by Gasteiger charge is 2.17. The quantitative estimate of drug-likeness (QED) is 0.500. The summed E-state index contributed by atoms with van der Waals surface area (Å²) in [5, 5.41) is 0.651. The molecule has 0 fully saturated rings. The minimum atomic E-state index is -0.0171. The van der Waals surface area contributed by atoms with Crippen LogP contribution in [0, 0.1) is 20.8 Å². The Morgan fingerprint density at radius 3 is 2.48 bits per heavy atom. The van der Waals surface area contributed by atoms with Crippen molar-refractivity contribution < 1.29 is 4.74 Å². The zero-order valence-corrected chi connectivity index (χ0v) is 16.4. The molecule has 0 amide bonds. The fourth-order valence-electron chi connectivity index (χ4n) is 3.59. The Morgan fingerprint density at radius 2 is 1.74 bits per heavy atom. The lowest BCUT2D eigenvalue weighted by Crippen LogP contribution is -2.16. The summed E-state index contributed by atoms with van der Waals surface area (Å²) in [6.07, 6.45) is 0.993. The average molecular weight is 363 g/mol. The number of nitrogens with zero attached hydrogens (tertiary/aromatic N) is 3. The van der Waals surface area contributed by atoms with Gasteiger partial charge in [0, 0.05) is 13.2 Å². The topological polar surface area (TPSA) is 48.5 Å². The Labute approximate surface area is 158 Å². The van der Waals surface area contributed by atoms with Crippen molar-refractivity contribution in [2.45, 2.75) is 40.7 Å². The lowest BCUT2D eigenvalue weighted by Gasteiger charge is -2.08. The maximum atomic E-state index is 13.3. The number of hydrogen-bond donors (Lipinski definition) is 0. The molecule has 0 atom stereocenters. The molecular formula is C22H25N3O2. The first-order chi connectivity index (χ1) is 13.0. The zero-order chi connectivity index (χ0) is 19.1. The van der Waals surface area contributed by atoms with E-state index in [1.165, 1.54) is 11.1 Å². The van der Waals surface area contributed by atoms with Crippen LogP contribution in [0.4, 0.5) is 0 Å². The Balaban J connectivity index is 2.06. The van der Waals surface area contributed by atoms with Gasteiger partial charge >= 0.3 is 0 Å². The molecule has 0 unspecified atom stereocenters. The SMILES string of the molecule is CCCOCCn1c2cc(C)c(C)cc2n2c(=O)c3ccc(C)cc3nc12. The number of ether oxygens (including phenoxy) is 1. The molecule has 0 aliphatic heterocycles. The molecule has 27 heavy (non-hydrogen) atoms. The molecule has 0 saturated heterocycles. The molecular weight excluding hydrogens is 338 g/mol. The molecule has 4 rings (SSSR count). The van der Waals surface area contributed by atoms with Gasteiger partial charge in [-0.05, 0) is 68.1 Å².